The van der Waals surface area contributed by atoms with Crippen molar-refractivity contribution in [2.75, 3.05) is 20.3 Å². The normalized spacial score (nSPS) is 25.3. The van der Waals surface area contributed by atoms with E-state index >= 15 is 0 Å². The van der Waals surface area contributed by atoms with Gasteiger partial charge in [0, 0.05) is 47.2 Å². The predicted molar refractivity (Wildman–Crippen MR) is 120 cm³/mol. The number of halogens is 1. The number of fused-ring (bicyclic) bond motifs is 5. The molecule has 2 aliphatic rings. The maximum absolute atomic E-state index is 15.0. The molecule has 4 unspecified atom stereocenters. The van der Waals surface area contributed by atoms with Gasteiger partial charge in [-0.1, -0.05) is 36.4 Å². The van der Waals surface area contributed by atoms with Crippen molar-refractivity contribution >= 4 is 16.9 Å². The number of rotatable bonds is 5. The number of H-pyrrole nitrogens is 1. The number of para-hydroxylation sites is 1. The molecule has 2 aromatic carbocycles. The van der Waals surface area contributed by atoms with Gasteiger partial charge < -0.3 is 20.1 Å². The second kappa shape index (κ2) is 8.65. The van der Waals surface area contributed by atoms with Gasteiger partial charge in [0.2, 0.25) is 0 Å². The van der Waals surface area contributed by atoms with E-state index in [0.29, 0.717) is 24.9 Å². The topological polar surface area (TPSA) is 77.6 Å². The largest absolute Gasteiger partial charge is 0.468 e. The maximum atomic E-state index is 15.0. The minimum Gasteiger partial charge on any atom is -0.468 e. The Morgan fingerprint density at radius 1 is 1.19 bits per heavy atom. The number of nitrogens with one attached hydrogen (secondary N) is 2. The van der Waals surface area contributed by atoms with Crippen LogP contribution in [0.25, 0.3) is 10.9 Å². The molecule has 0 bridgehead atoms. The number of aromatic nitrogens is 1. The highest BCUT2D eigenvalue weighted by Gasteiger charge is 2.48. The van der Waals surface area contributed by atoms with Gasteiger partial charge in [0.25, 0.3) is 0 Å². The molecule has 0 spiro atoms. The zero-order valence-electron chi connectivity index (χ0n) is 18.1. The van der Waals surface area contributed by atoms with Crippen LogP contribution >= 0.6 is 0 Å². The molecule has 0 saturated carbocycles. The van der Waals surface area contributed by atoms with Crippen LogP contribution in [-0.2, 0) is 16.0 Å². The molecule has 168 valence electrons. The van der Waals surface area contributed by atoms with Crippen molar-refractivity contribution in [3.05, 3.63) is 71.2 Å². The van der Waals surface area contributed by atoms with Gasteiger partial charge in [-0.25, -0.2) is 4.39 Å². The molecule has 3 heterocycles. The molecule has 32 heavy (non-hydrogen) atoms. The molecule has 7 heteroatoms. The van der Waals surface area contributed by atoms with Crippen molar-refractivity contribution in [3.8, 4) is 0 Å². The van der Waals surface area contributed by atoms with Crippen LogP contribution in [0.5, 0.6) is 0 Å². The van der Waals surface area contributed by atoms with Crippen molar-refractivity contribution in [3.63, 3.8) is 0 Å². The minimum absolute atomic E-state index is 0.0394. The van der Waals surface area contributed by atoms with Crippen molar-refractivity contribution in [1.82, 2.24) is 15.2 Å². The lowest BCUT2D eigenvalue weighted by Crippen LogP contribution is -2.56. The Morgan fingerprint density at radius 2 is 1.94 bits per heavy atom. The second-order valence-corrected chi connectivity index (χ2v) is 8.65. The van der Waals surface area contributed by atoms with Crippen LogP contribution in [0.2, 0.25) is 0 Å². The third-order valence-corrected chi connectivity index (χ3v) is 6.95. The number of hydrogen-bond donors (Lipinski definition) is 3. The summed E-state index contributed by atoms with van der Waals surface area (Å²) < 4.78 is 20.2. The van der Waals surface area contributed by atoms with E-state index in [0.717, 1.165) is 28.6 Å². The number of piperidine rings is 1. The van der Waals surface area contributed by atoms with E-state index in [4.69, 9.17) is 4.74 Å². The van der Waals surface area contributed by atoms with Crippen LogP contribution in [0.15, 0.2) is 48.5 Å². The molecule has 3 N–H and O–H groups in total. The average Bonchev–Trinajstić information content (AvgIpc) is 3.20. The predicted octanol–water partition coefficient (Wildman–Crippen LogP) is 3.23. The first-order valence-corrected chi connectivity index (χ1v) is 11.2. The fourth-order valence-corrected chi connectivity index (χ4v) is 5.63. The molecule has 1 saturated heterocycles. The van der Waals surface area contributed by atoms with Gasteiger partial charge in [-0.05, 0) is 30.5 Å². The molecule has 1 aromatic heterocycles. The van der Waals surface area contributed by atoms with Crippen molar-refractivity contribution in [1.29, 1.82) is 0 Å². The molecule has 5 rings (SSSR count). The first-order valence-electron chi connectivity index (χ1n) is 11.2. The van der Waals surface area contributed by atoms with Gasteiger partial charge in [0.1, 0.15) is 11.9 Å². The number of hydrogen-bond acceptors (Lipinski definition) is 5. The van der Waals surface area contributed by atoms with Gasteiger partial charge in [-0.15, -0.1) is 0 Å². The zero-order chi connectivity index (χ0) is 22.2. The highest BCUT2D eigenvalue weighted by Crippen LogP contribution is 2.49. The number of aromatic amines is 1. The van der Waals surface area contributed by atoms with Gasteiger partial charge in [0.15, 0.2) is 0 Å². The Kier molecular flexibility index (Phi) is 5.71. The van der Waals surface area contributed by atoms with Crippen LogP contribution in [0.4, 0.5) is 4.39 Å². The first-order chi connectivity index (χ1) is 15.6. The summed E-state index contributed by atoms with van der Waals surface area (Å²) in [5, 5.41) is 13.9. The fraction of sp³-hybridized carbons (Fsp3) is 0.400. The summed E-state index contributed by atoms with van der Waals surface area (Å²) in [6.07, 6.45) is 1.90. The van der Waals surface area contributed by atoms with Crippen LogP contribution in [-0.4, -0.2) is 53.3 Å². The summed E-state index contributed by atoms with van der Waals surface area (Å²) in [4.78, 5) is 18.7. The minimum atomic E-state index is -0.500. The Morgan fingerprint density at radius 3 is 2.72 bits per heavy atom. The summed E-state index contributed by atoms with van der Waals surface area (Å²) in [6, 6.07) is 14.1. The Bertz CT molecular complexity index is 1130. The average molecular weight is 438 g/mol. The van der Waals surface area contributed by atoms with Gasteiger partial charge in [0.05, 0.1) is 19.8 Å². The van der Waals surface area contributed by atoms with Crippen LogP contribution in [0.3, 0.4) is 0 Å². The molecule has 4 atom stereocenters. The lowest BCUT2D eigenvalue weighted by Gasteiger charge is -2.50. The lowest BCUT2D eigenvalue weighted by atomic mass is 9.79. The summed E-state index contributed by atoms with van der Waals surface area (Å²) in [6.45, 7) is 0.513. The third-order valence-electron chi connectivity index (χ3n) is 6.95. The van der Waals surface area contributed by atoms with Gasteiger partial charge in [-0.2, -0.15) is 0 Å². The Balaban J connectivity index is 1.66. The van der Waals surface area contributed by atoms with Crippen LogP contribution in [0, 0.1) is 5.82 Å². The lowest BCUT2D eigenvalue weighted by molar-refractivity contribution is -0.152. The molecular weight excluding hydrogens is 409 g/mol. The van der Waals surface area contributed by atoms with E-state index in [2.05, 4.69) is 21.3 Å². The van der Waals surface area contributed by atoms with Gasteiger partial charge in [-0.3, -0.25) is 9.69 Å². The summed E-state index contributed by atoms with van der Waals surface area (Å²) in [5.41, 5.74) is 3.84. The fourth-order valence-electron chi connectivity index (χ4n) is 5.63. The molecule has 0 aliphatic carbocycles. The Hall–Kier alpha value is -2.74. The SMILES string of the molecule is COC(=O)C1Cc2c([nH]c3ccccc23)C2CC(NCCO)CC(c3ccccc3F)N12. The molecule has 1 fully saturated rings. The number of nitrogens with zero attached hydrogens (tertiary/aromatic N) is 1. The third kappa shape index (κ3) is 3.50. The molecule has 3 aromatic rings. The van der Waals surface area contributed by atoms with Crippen LogP contribution < -0.4 is 5.32 Å². The zero-order valence-corrected chi connectivity index (χ0v) is 18.1. The molecule has 2 aliphatic heterocycles. The van der Waals surface area contributed by atoms with Crippen molar-refractivity contribution < 1.29 is 19.0 Å². The highest BCUT2D eigenvalue weighted by atomic mass is 19.1. The standard InChI is InChI=1S/C25H28FN3O3/c1-32-25(31)23-14-18-16-6-3-5-9-20(16)28-24(18)22-13-15(27-10-11-30)12-21(29(22)23)17-7-2-4-8-19(17)26/h2-9,15,21-23,27-28,30H,10-14H2,1H3. The van der Waals surface area contributed by atoms with E-state index in [1.807, 2.05) is 24.3 Å². The Labute approximate surface area is 186 Å². The summed E-state index contributed by atoms with van der Waals surface area (Å²) in [5.74, 6) is -0.570. The molecule has 0 radical (unpaired) electrons. The first kappa shape index (κ1) is 21.1. The van der Waals surface area contributed by atoms with Crippen LogP contribution in [0.1, 0.15) is 41.7 Å². The number of aliphatic hydroxyl groups is 1. The number of carbonyl (C=O) groups excluding carboxylic acids is 1. The number of methoxy groups -OCH3 is 1. The number of carbonyl (C=O) groups is 1. The molecular formula is C25H28FN3O3. The van der Waals surface area contributed by atoms with Gasteiger partial charge >= 0.3 is 5.97 Å². The smallest absolute Gasteiger partial charge is 0.323 e. The summed E-state index contributed by atoms with van der Waals surface area (Å²) in [7, 11) is 1.41. The van der Waals surface area contributed by atoms with E-state index < -0.39 is 6.04 Å². The quantitative estimate of drug-likeness (QED) is 0.535. The van der Waals surface area contributed by atoms with E-state index in [9.17, 15) is 14.3 Å². The number of esters is 1. The van der Waals surface area contributed by atoms with Crippen molar-refractivity contribution in [2.24, 2.45) is 0 Å². The van der Waals surface area contributed by atoms with E-state index in [1.165, 1.54) is 13.2 Å². The summed E-state index contributed by atoms with van der Waals surface area (Å²) >= 11 is 0. The number of aliphatic hydroxyl groups excluding tert-OH is 1. The number of benzene rings is 2. The molecule has 0 amide bonds. The van der Waals surface area contributed by atoms with Crippen molar-refractivity contribution in [2.45, 2.75) is 43.4 Å². The second-order valence-electron chi connectivity index (χ2n) is 8.65. The highest BCUT2D eigenvalue weighted by molar-refractivity contribution is 5.87. The monoisotopic (exact) mass is 437 g/mol. The maximum Gasteiger partial charge on any atom is 0.323 e. The van der Waals surface area contributed by atoms with E-state index in [-0.39, 0.29) is 36.5 Å². The number of ether oxygens (including phenoxy) is 1. The molecule has 6 nitrogen and oxygen atoms in total. The van der Waals surface area contributed by atoms with E-state index in [1.54, 1.807) is 12.1 Å².